The van der Waals surface area contributed by atoms with Gasteiger partial charge in [0.25, 0.3) is 0 Å². The molecule has 2 heteroatoms. The lowest BCUT2D eigenvalue weighted by atomic mass is 10.1. The highest BCUT2D eigenvalue weighted by Crippen LogP contribution is 2.06. The first-order valence-electron chi connectivity index (χ1n) is 4.17. The molecule has 0 aromatic carbocycles. The molecule has 0 bridgehead atoms. The lowest BCUT2D eigenvalue weighted by molar-refractivity contribution is -0.118. The van der Waals surface area contributed by atoms with Gasteiger partial charge in [0.15, 0.2) is 0 Å². The minimum Gasteiger partial charge on any atom is -0.300 e. The maximum Gasteiger partial charge on any atom is 0.133 e. The first-order chi connectivity index (χ1) is 5.16. The highest BCUT2D eigenvalue weighted by molar-refractivity contribution is 7.98. The van der Waals surface area contributed by atoms with E-state index in [1.807, 2.05) is 6.26 Å². The number of hydrogen-bond acceptors (Lipinski definition) is 2. The lowest BCUT2D eigenvalue weighted by Crippen LogP contribution is -2.01. The Kier molecular flexibility index (Phi) is 6.73. The van der Waals surface area contributed by atoms with Gasteiger partial charge in [-0.25, -0.2) is 0 Å². The maximum atomic E-state index is 11.1. The van der Waals surface area contributed by atoms with Crippen LogP contribution in [0.2, 0.25) is 0 Å². The molecular weight excluding hydrogens is 156 g/mol. The minimum atomic E-state index is 0.424. The van der Waals surface area contributed by atoms with Crippen molar-refractivity contribution in [2.24, 2.45) is 5.92 Å². The number of Topliss-reactive ketones (excluding diaryl/α,β-unsaturated/α-hetero) is 1. The van der Waals surface area contributed by atoms with Crippen molar-refractivity contribution in [2.45, 2.75) is 33.1 Å². The molecule has 0 unspecified atom stereocenters. The van der Waals surface area contributed by atoms with E-state index in [4.69, 9.17) is 0 Å². The summed E-state index contributed by atoms with van der Waals surface area (Å²) in [7, 11) is 0. The van der Waals surface area contributed by atoms with E-state index in [1.54, 1.807) is 11.8 Å². The van der Waals surface area contributed by atoms with Gasteiger partial charge < -0.3 is 0 Å². The van der Waals surface area contributed by atoms with Crippen LogP contribution < -0.4 is 0 Å². The van der Waals surface area contributed by atoms with Gasteiger partial charge in [-0.1, -0.05) is 13.8 Å². The van der Waals surface area contributed by atoms with E-state index in [0.717, 1.165) is 25.0 Å². The van der Waals surface area contributed by atoms with Gasteiger partial charge in [0.1, 0.15) is 5.78 Å². The lowest BCUT2D eigenvalue weighted by Gasteiger charge is -2.02. The summed E-state index contributed by atoms with van der Waals surface area (Å²) in [5.41, 5.74) is 0. The molecule has 0 saturated heterocycles. The van der Waals surface area contributed by atoms with Gasteiger partial charge in [0.05, 0.1) is 0 Å². The standard InChI is InChI=1S/C9H18OS/c1-8(2)4-5-9(10)6-7-11-3/h8H,4-7H2,1-3H3. The summed E-state index contributed by atoms with van der Waals surface area (Å²) in [5.74, 6) is 2.07. The molecule has 0 N–H and O–H groups in total. The third-order valence-electron chi connectivity index (χ3n) is 1.59. The van der Waals surface area contributed by atoms with Crippen molar-refractivity contribution in [2.75, 3.05) is 12.0 Å². The van der Waals surface area contributed by atoms with Crippen LogP contribution in [0.5, 0.6) is 0 Å². The number of carbonyl (C=O) groups is 1. The van der Waals surface area contributed by atoms with Crippen LogP contribution in [0.4, 0.5) is 0 Å². The second kappa shape index (κ2) is 6.71. The zero-order chi connectivity index (χ0) is 8.69. The predicted molar refractivity (Wildman–Crippen MR) is 52.1 cm³/mol. The third-order valence-corrected chi connectivity index (χ3v) is 2.20. The molecule has 1 nitrogen and oxygen atoms in total. The summed E-state index contributed by atoms with van der Waals surface area (Å²) < 4.78 is 0. The number of ketones is 1. The molecule has 0 spiro atoms. The average molecular weight is 174 g/mol. The zero-order valence-electron chi connectivity index (χ0n) is 7.72. The minimum absolute atomic E-state index is 0.424. The molecule has 66 valence electrons. The van der Waals surface area contributed by atoms with Crippen LogP contribution in [0.15, 0.2) is 0 Å². The summed E-state index contributed by atoms with van der Waals surface area (Å²) in [4.78, 5) is 11.1. The van der Waals surface area contributed by atoms with E-state index in [0.29, 0.717) is 11.7 Å². The molecule has 0 radical (unpaired) electrons. The summed E-state index contributed by atoms with van der Waals surface area (Å²) >= 11 is 1.74. The van der Waals surface area contributed by atoms with Crippen LogP contribution in [-0.2, 0) is 4.79 Å². The number of rotatable bonds is 6. The fourth-order valence-electron chi connectivity index (χ4n) is 0.791. The first-order valence-corrected chi connectivity index (χ1v) is 5.56. The summed E-state index contributed by atoms with van der Waals surface area (Å²) in [6, 6.07) is 0. The topological polar surface area (TPSA) is 17.1 Å². The Morgan fingerprint density at radius 2 is 2.00 bits per heavy atom. The highest BCUT2D eigenvalue weighted by atomic mass is 32.2. The fraction of sp³-hybridized carbons (Fsp3) is 0.889. The average Bonchev–Trinajstić information content (AvgIpc) is 1.97. The van der Waals surface area contributed by atoms with Crippen LogP contribution in [0.1, 0.15) is 33.1 Å². The molecule has 0 aromatic rings. The third kappa shape index (κ3) is 7.92. The Morgan fingerprint density at radius 1 is 1.36 bits per heavy atom. The Labute approximate surface area is 73.9 Å². The van der Waals surface area contributed by atoms with Gasteiger partial charge in [-0.05, 0) is 24.3 Å². The Morgan fingerprint density at radius 3 is 2.45 bits per heavy atom. The van der Waals surface area contributed by atoms with Gasteiger partial charge in [0.2, 0.25) is 0 Å². The molecule has 0 aliphatic heterocycles. The number of carbonyl (C=O) groups excluding carboxylic acids is 1. The summed E-state index contributed by atoms with van der Waals surface area (Å²) in [5, 5.41) is 0. The van der Waals surface area contributed by atoms with Crippen LogP contribution in [0, 0.1) is 5.92 Å². The van der Waals surface area contributed by atoms with Gasteiger partial charge >= 0.3 is 0 Å². The molecule has 0 atom stereocenters. The van der Waals surface area contributed by atoms with Crippen molar-refractivity contribution in [3.05, 3.63) is 0 Å². The van der Waals surface area contributed by atoms with Crippen LogP contribution in [-0.4, -0.2) is 17.8 Å². The van der Waals surface area contributed by atoms with Crippen molar-refractivity contribution in [1.29, 1.82) is 0 Å². The van der Waals surface area contributed by atoms with Crippen LogP contribution >= 0.6 is 11.8 Å². The largest absolute Gasteiger partial charge is 0.300 e. The van der Waals surface area contributed by atoms with Crippen molar-refractivity contribution < 1.29 is 4.79 Å². The van der Waals surface area contributed by atoms with E-state index in [1.165, 1.54) is 0 Å². The predicted octanol–water partition coefficient (Wildman–Crippen LogP) is 2.74. The molecule has 0 fully saturated rings. The van der Waals surface area contributed by atoms with Crippen molar-refractivity contribution in [3.8, 4) is 0 Å². The van der Waals surface area contributed by atoms with Gasteiger partial charge in [0, 0.05) is 12.8 Å². The summed E-state index contributed by atoms with van der Waals surface area (Å²) in [6.45, 7) is 4.31. The Balaban J connectivity index is 3.23. The molecule has 0 aliphatic carbocycles. The molecule has 0 saturated carbocycles. The smallest absolute Gasteiger partial charge is 0.133 e. The second-order valence-electron chi connectivity index (χ2n) is 3.21. The normalized spacial score (nSPS) is 10.5. The van der Waals surface area contributed by atoms with E-state index in [9.17, 15) is 4.79 Å². The first kappa shape index (κ1) is 11.0. The molecule has 0 amide bonds. The number of hydrogen-bond donors (Lipinski definition) is 0. The highest BCUT2D eigenvalue weighted by Gasteiger charge is 2.02. The molecule has 11 heavy (non-hydrogen) atoms. The molecule has 0 rings (SSSR count). The van der Waals surface area contributed by atoms with Crippen LogP contribution in [0.25, 0.3) is 0 Å². The van der Waals surface area contributed by atoms with E-state index < -0.39 is 0 Å². The van der Waals surface area contributed by atoms with Crippen molar-refractivity contribution in [1.82, 2.24) is 0 Å². The Hall–Kier alpha value is 0.0200. The molecule has 0 heterocycles. The van der Waals surface area contributed by atoms with E-state index in [2.05, 4.69) is 13.8 Å². The fourth-order valence-corrected chi connectivity index (χ4v) is 1.22. The van der Waals surface area contributed by atoms with Gasteiger partial charge in [-0.15, -0.1) is 0 Å². The maximum absolute atomic E-state index is 11.1. The van der Waals surface area contributed by atoms with Gasteiger partial charge in [-0.3, -0.25) is 4.79 Å². The monoisotopic (exact) mass is 174 g/mol. The Bertz CT molecular complexity index is 110. The second-order valence-corrected chi connectivity index (χ2v) is 4.20. The SMILES string of the molecule is CSCCC(=O)CCC(C)C. The molecule has 0 aliphatic rings. The van der Waals surface area contributed by atoms with Crippen molar-refractivity contribution in [3.63, 3.8) is 0 Å². The quantitative estimate of drug-likeness (QED) is 0.616. The van der Waals surface area contributed by atoms with Gasteiger partial charge in [-0.2, -0.15) is 11.8 Å². The van der Waals surface area contributed by atoms with E-state index >= 15 is 0 Å². The zero-order valence-corrected chi connectivity index (χ0v) is 8.54. The summed E-state index contributed by atoms with van der Waals surface area (Å²) in [6.07, 6.45) is 4.62. The van der Waals surface area contributed by atoms with E-state index in [-0.39, 0.29) is 0 Å². The number of thioether (sulfide) groups is 1. The molecule has 0 aromatic heterocycles. The van der Waals surface area contributed by atoms with Crippen molar-refractivity contribution >= 4 is 17.5 Å². The van der Waals surface area contributed by atoms with Crippen LogP contribution in [0.3, 0.4) is 0 Å². The molecular formula is C9H18OS.